The summed E-state index contributed by atoms with van der Waals surface area (Å²) in [5, 5.41) is 1.57. The van der Waals surface area contributed by atoms with Gasteiger partial charge in [0.25, 0.3) is 5.23 Å². The Morgan fingerprint density at radius 1 is 1.47 bits per heavy atom. The third-order valence-electron chi connectivity index (χ3n) is 2.57. The first kappa shape index (κ1) is 13.5. The summed E-state index contributed by atoms with van der Waals surface area (Å²) in [5.41, 5.74) is 3.79. The van der Waals surface area contributed by atoms with Crippen molar-refractivity contribution in [2.45, 2.75) is 12.5 Å². The van der Waals surface area contributed by atoms with Crippen LogP contribution >= 0.6 is 11.8 Å². The van der Waals surface area contributed by atoms with Gasteiger partial charge >= 0.3 is 6.09 Å². The second kappa shape index (κ2) is 5.00. The maximum Gasteiger partial charge on any atom is 0.411 e. The number of thioether (sulfide) groups is 1. The van der Waals surface area contributed by atoms with Crippen LogP contribution in [0.1, 0.15) is 12.5 Å². The minimum Gasteiger partial charge on any atom is -0.385 e. The molecule has 1 unspecified atom stereocenters. The van der Waals surface area contributed by atoms with E-state index in [0.717, 1.165) is 17.8 Å². The second-order valence-electron chi connectivity index (χ2n) is 3.97. The maximum absolute atomic E-state index is 13.8. The molecule has 100 valence electrons. The van der Waals surface area contributed by atoms with Gasteiger partial charge in [-0.15, -0.1) is 0 Å². The van der Waals surface area contributed by atoms with Gasteiger partial charge in [0.15, 0.2) is 11.6 Å². The van der Waals surface area contributed by atoms with Crippen molar-refractivity contribution in [1.29, 1.82) is 0 Å². The fourth-order valence-electron chi connectivity index (χ4n) is 1.66. The standard InChI is InChI=1S/C12H10F2N2O2S/c1-12(7-3-2-4-8(13)9(7)14)5-6-19-11(16-12)18-10(15)17/h2-6H,1H3,(H2,15,17). The van der Waals surface area contributed by atoms with Crippen LogP contribution in [0.2, 0.25) is 0 Å². The van der Waals surface area contributed by atoms with E-state index in [1.54, 1.807) is 18.4 Å². The van der Waals surface area contributed by atoms with Gasteiger partial charge in [0.2, 0.25) is 0 Å². The summed E-state index contributed by atoms with van der Waals surface area (Å²) in [4.78, 5) is 14.8. The normalized spacial score (nSPS) is 21.9. The lowest BCUT2D eigenvalue weighted by molar-refractivity contribution is 0.209. The van der Waals surface area contributed by atoms with E-state index in [4.69, 9.17) is 5.73 Å². The molecule has 0 fully saturated rings. The van der Waals surface area contributed by atoms with Crippen LogP contribution in [0.15, 0.2) is 34.7 Å². The van der Waals surface area contributed by atoms with Crippen molar-refractivity contribution in [3.05, 3.63) is 46.9 Å². The highest BCUT2D eigenvalue weighted by atomic mass is 32.2. The first-order valence-corrected chi connectivity index (χ1v) is 6.16. The van der Waals surface area contributed by atoms with Crippen molar-refractivity contribution in [1.82, 2.24) is 0 Å². The Labute approximate surface area is 112 Å². The van der Waals surface area contributed by atoms with Crippen LogP contribution in [-0.4, -0.2) is 11.3 Å². The van der Waals surface area contributed by atoms with Crippen LogP contribution in [0.3, 0.4) is 0 Å². The summed E-state index contributed by atoms with van der Waals surface area (Å²) in [5.74, 6) is -1.94. The Hall–Kier alpha value is -1.89. The zero-order chi connectivity index (χ0) is 14.0. The second-order valence-corrected chi connectivity index (χ2v) is 4.83. The number of hydrogen-bond acceptors (Lipinski definition) is 4. The highest BCUT2D eigenvalue weighted by molar-refractivity contribution is 8.16. The van der Waals surface area contributed by atoms with Crippen molar-refractivity contribution >= 4 is 23.1 Å². The lowest BCUT2D eigenvalue weighted by Crippen LogP contribution is -2.25. The molecule has 1 aliphatic heterocycles. The van der Waals surface area contributed by atoms with Crippen LogP contribution in [0.5, 0.6) is 0 Å². The van der Waals surface area contributed by atoms with Crippen molar-refractivity contribution in [3.8, 4) is 0 Å². The number of primary amides is 1. The molecule has 2 rings (SSSR count). The third-order valence-corrected chi connectivity index (χ3v) is 3.22. The first-order chi connectivity index (χ1) is 8.92. The number of carbonyl (C=O) groups is 1. The van der Waals surface area contributed by atoms with Gasteiger partial charge in [0.05, 0.1) is 0 Å². The number of hydrogen-bond donors (Lipinski definition) is 1. The number of carbonyl (C=O) groups excluding carboxylic acids is 1. The van der Waals surface area contributed by atoms with Crippen LogP contribution in [0.4, 0.5) is 13.6 Å². The number of amides is 1. The van der Waals surface area contributed by atoms with Crippen molar-refractivity contribution in [3.63, 3.8) is 0 Å². The zero-order valence-electron chi connectivity index (χ0n) is 9.89. The molecule has 1 aromatic rings. The number of nitrogens with zero attached hydrogens (tertiary/aromatic N) is 1. The van der Waals surface area contributed by atoms with Crippen LogP contribution < -0.4 is 5.73 Å². The molecule has 19 heavy (non-hydrogen) atoms. The quantitative estimate of drug-likeness (QED) is 0.862. The minimum absolute atomic E-state index is 0.0128. The average Bonchev–Trinajstić information content (AvgIpc) is 2.31. The SMILES string of the molecule is CC1(c2cccc(F)c2F)C=CSC(OC(N)=O)=N1. The number of nitrogens with two attached hydrogens (primary N) is 1. The molecule has 1 amide bonds. The van der Waals surface area contributed by atoms with E-state index < -0.39 is 23.3 Å². The number of benzene rings is 1. The monoisotopic (exact) mass is 284 g/mol. The van der Waals surface area contributed by atoms with Crippen molar-refractivity contribution < 1.29 is 18.3 Å². The van der Waals surface area contributed by atoms with Crippen LogP contribution in [-0.2, 0) is 10.3 Å². The zero-order valence-corrected chi connectivity index (χ0v) is 10.7. The molecule has 0 spiro atoms. The van der Waals surface area contributed by atoms with E-state index in [1.807, 2.05) is 0 Å². The van der Waals surface area contributed by atoms with Gasteiger partial charge < -0.3 is 10.5 Å². The molecule has 7 heteroatoms. The molecule has 0 bridgehead atoms. The van der Waals surface area contributed by atoms with Gasteiger partial charge in [0, 0.05) is 5.56 Å². The Kier molecular flexibility index (Phi) is 3.57. The Balaban J connectivity index is 2.44. The molecular weight excluding hydrogens is 274 g/mol. The van der Waals surface area contributed by atoms with Gasteiger partial charge in [0.1, 0.15) is 5.54 Å². The van der Waals surface area contributed by atoms with Crippen LogP contribution in [0, 0.1) is 11.6 Å². The average molecular weight is 284 g/mol. The predicted molar refractivity (Wildman–Crippen MR) is 68.5 cm³/mol. The van der Waals surface area contributed by atoms with Crippen molar-refractivity contribution in [2.24, 2.45) is 10.7 Å². The highest BCUT2D eigenvalue weighted by Crippen LogP contribution is 2.35. The van der Waals surface area contributed by atoms with Gasteiger partial charge in [-0.1, -0.05) is 12.1 Å². The maximum atomic E-state index is 13.8. The molecular formula is C12H10F2N2O2S. The summed E-state index contributed by atoms with van der Waals surface area (Å²) >= 11 is 1.03. The Morgan fingerprint density at radius 3 is 2.89 bits per heavy atom. The third kappa shape index (κ3) is 2.76. The molecule has 0 saturated carbocycles. The number of ether oxygens (including phenoxy) is 1. The molecule has 2 N–H and O–H groups in total. The highest BCUT2D eigenvalue weighted by Gasteiger charge is 2.31. The topological polar surface area (TPSA) is 64.7 Å². The first-order valence-electron chi connectivity index (χ1n) is 5.28. The van der Waals surface area contributed by atoms with Gasteiger partial charge in [-0.05, 0) is 36.2 Å². The summed E-state index contributed by atoms with van der Waals surface area (Å²) in [7, 11) is 0. The lowest BCUT2D eigenvalue weighted by Gasteiger charge is -2.25. The number of halogens is 2. The van der Waals surface area contributed by atoms with E-state index in [9.17, 15) is 13.6 Å². The largest absolute Gasteiger partial charge is 0.411 e. The van der Waals surface area contributed by atoms with Gasteiger partial charge in [-0.3, -0.25) is 0 Å². The molecule has 0 aromatic heterocycles. The smallest absolute Gasteiger partial charge is 0.385 e. The van der Waals surface area contributed by atoms with E-state index >= 15 is 0 Å². The van der Waals surface area contributed by atoms with E-state index in [0.29, 0.717) is 0 Å². The van der Waals surface area contributed by atoms with E-state index in [2.05, 4.69) is 9.73 Å². The molecule has 1 atom stereocenters. The minimum atomic E-state index is -1.15. The number of rotatable bonds is 1. The van der Waals surface area contributed by atoms with Crippen molar-refractivity contribution in [2.75, 3.05) is 0 Å². The molecule has 1 heterocycles. The molecule has 0 aliphatic carbocycles. The number of aliphatic imine (C=N–C) groups is 1. The fourth-order valence-corrected chi connectivity index (χ4v) is 2.48. The Morgan fingerprint density at radius 2 is 2.21 bits per heavy atom. The van der Waals surface area contributed by atoms with Gasteiger partial charge in [-0.25, -0.2) is 18.6 Å². The molecule has 0 saturated heterocycles. The summed E-state index contributed by atoms with van der Waals surface area (Å²) in [6.45, 7) is 1.57. The lowest BCUT2D eigenvalue weighted by atomic mass is 9.92. The Bertz CT molecular complexity index is 589. The van der Waals surface area contributed by atoms with E-state index in [-0.39, 0.29) is 10.8 Å². The predicted octanol–water partition coefficient (Wildman–Crippen LogP) is 2.89. The van der Waals surface area contributed by atoms with Gasteiger partial charge in [-0.2, -0.15) is 0 Å². The molecule has 1 aromatic carbocycles. The summed E-state index contributed by atoms with van der Waals surface area (Å²) in [6.07, 6.45) is 0.576. The molecule has 1 aliphatic rings. The summed E-state index contributed by atoms with van der Waals surface area (Å²) < 4.78 is 31.7. The fraction of sp³-hybridized carbons (Fsp3) is 0.167. The van der Waals surface area contributed by atoms with Crippen LogP contribution in [0.25, 0.3) is 0 Å². The van der Waals surface area contributed by atoms with E-state index in [1.165, 1.54) is 12.1 Å². The molecule has 4 nitrogen and oxygen atoms in total. The molecule has 0 radical (unpaired) electrons. The summed E-state index contributed by atoms with van der Waals surface area (Å²) in [6, 6.07) is 3.83.